The number of hydrogen-bond acceptors (Lipinski definition) is 2. The number of rotatable bonds is 6. The van der Waals surface area contributed by atoms with Gasteiger partial charge in [-0.25, -0.2) is 0 Å². The van der Waals surface area contributed by atoms with E-state index in [1.807, 2.05) is 11.7 Å². The SMILES string of the molecule is CCCCC(CC)c1nn(C)c(N)c1-c1ccccc1C. The predicted molar refractivity (Wildman–Crippen MR) is 90.4 cm³/mol. The Bertz CT molecular complexity index is 599. The molecular weight excluding hydrogens is 258 g/mol. The third-order valence-electron chi connectivity index (χ3n) is 4.32. The van der Waals surface area contributed by atoms with Gasteiger partial charge in [0.1, 0.15) is 5.82 Å². The van der Waals surface area contributed by atoms with Crippen molar-refractivity contribution in [2.75, 3.05) is 5.73 Å². The molecule has 3 heteroatoms. The Morgan fingerprint density at radius 3 is 2.57 bits per heavy atom. The van der Waals surface area contributed by atoms with Gasteiger partial charge >= 0.3 is 0 Å². The normalized spacial score (nSPS) is 12.6. The Labute approximate surface area is 128 Å². The van der Waals surface area contributed by atoms with Crippen LogP contribution in [0.3, 0.4) is 0 Å². The largest absolute Gasteiger partial charge is 0.383 e. The topological polar surface area (TPSA) is 43.8 Å². The molecule has 1 atom stereocenters. The summed E-state index contributed by atoms with van der Waals surface area (Å²) in [7, 11) is 1.94. The fourth-order valence-electron chi connectivity index (χ4n) is 2.96. The maximum absolute atomic E-state index is 6.33. The van der Waals surface area contributed by atoms with Crippen LogP contribution in [0.2, 0.25) is 0 Å². The van der Waals surface area contributed by atoms with E-state index in [9.17, 15) is 0 Å². The first kappa shape index (κ1) is 15.6. The van der Waals surface area contributed by atoms with E-state index in [4.69, 9.17) is 10.8 Å². The molecule has 0 aliphatic heterocycles. The van der Waals surface area contributed by atoms with Crippen molar-refractivity contribution in [3.05, 3.63) is 35.5 Å². The number of nitrogens with two attached hydrogens (primary N) is 1. The highest BCUT2D eigenvalue weighted by molar-refractivity contribution is 5.79. The Kier molecular flexibility index (Phi) is 5.05. The van der Waals surface area contributed by atoms with Crippen LogP contribution in [0.15, 0.2) is 24.3 Å². The van der Waals surface area contributed by atoms with Crippen LogP contribution >= 0.6 is 0 Å². The second kappa shape index (κ2) is 6.79. The van der Waals surface area contributed by atoms with Gasteiger partial charge in [0.15, 0.2) is 0 Å². The van der Waals surface area contributed by atoms with Crippen molar-refractivity contribution >= 4 is 5.82 Å². The van der Waals surface area contributed by atoms with Gasteiger partial charge in [0.05, 0.1) is 5.69 Å². The molecule has 1 aromatic heterocycles. The lowest BCUT2D eigenvalue weighted by Crippen LogP contribution is -2.01. The van der Waals surface area contributed by atoms with Crippen LogP contribution < -0.4 is 5.73 Å². The summed E-state index contributed by atoms with van der Waals surface area (Å²) in [6, 6.07) is 8.43. The second-order valence-corrected chi connectivity index (χ2v) is 5.83. The molecule has 1 aromatic carbocycles. The fraction of sp³-hybridized carbons (Fsp3) is 0.500. The third kappa shape index (κ3) is 3.12. The number of hydrogen-bond donors (Lipinski definition) is 1. The molecule has 0 radical (unpaired) electrons. The maximum Gasteiger partial charge on any atom is 0.129 e. The van der Waals surface area contributed by atoms with E-state index in [0.717, 1.165) is 17.8 Å². The van der Waals surface area contributed by atoms with Crippen LogP contribution in [-0.4, -0.2) is 9.78 Å². The zero-order valence-electron chi connectivity index (χ0n) is 13.7. The number of nitrogen functional groups attached to an aromatic ring is 1. The molecule has 0 aliphatic carbocycles. The van der Waals surface area contributed by atoms with Crippen molar-refractivity contribution in [2.24, 2.45) is 7.05 Å². The molecule has 21 heavy (non-hydrogen) atoms. The lowest BCUT2D eigenvalue weighted by atomic mass is 9.89. The highest BCUT2D eigenvalue weighted by atomic mass is 15.3. The summed E-state index contributed by atoms with van der Waals surface area (Å²) in [5, 5.41) is 4.74. The molecule has 114 valence electrons. The first-order valence-corrected chi connectivity index (χ1v) is 7.98. The lowest BCUT2D eigenvalue weighted by Gasteiger charge is -2.15. The van der Waals surface area contributed by atoms with Crippen LogP contribution in [0.4, 0.5) is 5.82 Å². The Morgan fingerprint density at radius 2 is 1.95 bits per heavy atom. The van der Waals surface area contributed by atoms with Gasteiger partial charge in [0, 0.05) is 18.5 Å². The van der Waals surface area contributed by atoms with Gasteiger partial charge in [-0.15, -0.1) is 0 Å². The fourth-order valence-corrected chi connectivity index (χ4v) is 2.96. The van der Waals surface area contributed by atoms with Crippen LogP contribution in [0, 0.1) is 6.92 Å². The molecule has 0 fully saturated rings. The average Bonchev–Trinajstić information content (AvgIpc) is 2.77. The van der Waals surface area contributed by atoms with Crippen molar-refractivity contribution < 1.29 is 0 Å². The summed E-state index contributed by atoms with van der Waals surface area (Å²) < 4.78 is 1.83. The number of aromatic nitrogens is 2. The summed E-state index contributed by atoms with van der Waals surface area (Å²) in [6.07, 6.45) is 4.75. The number of benzene rings is 1. The van der Waals surface area contributed by atoms with E-state index in [-0.39, 0.29) is 0 Å². The summed E-state index contributed by atoms with van der Waals surface area (Å²) in [4.78, 5) is 0. The lowest BCUT2D eigenvalue weighted by molar-refractivity contribution is 0.549. The highest BCUT2D eigenvalue weighted by Gasteiger charge is 2.22. The van der Waals surface area contributed by atoms with Crippen molar-refractivity contribution in [2.45, 2.75) is 52.4 Å². The van der Waals surface area contributed by atoms with Gasteiger partial charge in [0.2, 0.25) is 0 Å². The minimum atomic E-state index is 0.489. The number of anilines is 1. The van der Waals surface area contributed by atoms with E-state index >= 15 is 0 Å². The quantitative estimate of drug-likeness (QED) is 0.838. The molecular formula is C18H27N3. The monoisotopic (exact) mass is 285 g/mol. The first-order chi connectivity index (χ1) is 10.1. The van der Waals surface area contributed by atoms with Crippen LogP contribution in [0.25, 0.3) is 11.1 Å². The van der Waals surface area contributed by atoms with Crippen LogP contribution in [-0.2, 0) is 7.05 Å². The first-order valence-electron chi connectivity index (χ1n) is 7.98. The van der Waals surface area contributed by atoms with E-state index in [1.165, 1.54) is 36.1 Å². The van der Waals surface area contributed by atoms with E-state index in [1.54, 1.807) is 0 Å². The molecule has 0 aliphatic rings. The Morgan fingerprint density at radius 1 is 1.24 bits per heavy atom. The molecule has 2 aromatic rings. The molecule has 0 amide bonds. The highest BCUT2D eigenvalue weighted by Crippen LogP contribution is 2.38. The molecule has 0 bridgehead atoms. The van der Waals surface area contributed by atoms with Gasteiger partial charge in [-0.05, 0) is 30.9 Å². The summed E-state index contributed by atoms with van der Waals surface area (Å²) >= 11 is 0. The van der Waals surface area contributed by atoms with E-state index < -0.39 is 0 Å². The van der Waals surface area contributed by atoms with Gasteiger partial charge in [-0.1, -0.05) is 51.0 Å². The summed E-state index contributed by atoms with van der Waals surface area (Å²) in [6.45, 7) is 6.62. The van der Waals surface area contributed by atoms with E-state index in [2.05, 4.69) is 45.0 Å². The molecule has 3 nitrogen and oxygen atoms in total. The van der Waals surface area contributed by atoms with Gasteiger partial charge < -0.3 is 5.73 Å². The van der Waals surface area contributed by atoms with Crippen LogP contribution in [0.5, 0.6) is 0 Å². The van der Waals surface area contributed by atoms with Crippen molar-refractivity contribution in [3.8, 4) is 11.1 Å². The number of aryl methyl sites for hydroxylation is 2. The zero-order valence-corrected chi connectivity index (χ0v) is 13.7. The number of unbranched alkanes of at least 4 members (excludes halogenated alkanes) is 1. The Balaban J connectivity index is 2.52. The van der Waals surface area contributed by atoms with Gasteiger partial charge in [0.25, 0.3) is 0 Å². The molecule has 2 N–H and O–H groups in total. The summed E-state index contributed by atoms with van der Waals surface area (Å²) in [5.41, 5.74) is 11.1. The van der Waals surface area contributed by atoms with Crippen molar-refractivity contribution in [1.29, 1.82) is 0 Å². The summed E-state index contributed by atoms with van der Waals surface area (Å²) in [5.74, 6) is 1.26. The maximum atomic E-state index is 6.33. The van der Waals surface area contributed by atoms with Crippen LogP contribution in [0.1, 0.15) is 56.7 Å². The molecule has 1 unspecified atom stereocenters. The second-order valence-electron chi connectivity index (χ2n) is 5.83. The van der Waals surface area contributed by atoms with E-state index in [0.29, 0.717) is 5.92 Å². The molecule has 1 heterocycles. The van der Waals surface area contributed by atoms with Crippen molar-refractivity contribution in [1.82, 2.24) is 9.78 Å². The minimum absolute atomic E-state index is 0.489. The standard InChI is InChI=1S/C18H27N3/c1-5-7-11-14(6-2)17-16(18(19)21(4)20-17)15-12-9-8-10-13(15)3/h8-10,12,14H,5-7,11,19H2,1-4H3. The molecule has 2 rings (SSSR count). The molecule has 0 saturated carbocycles. The minimum Gasteiger partial charge on any atom is -0.383 e. The number of nitrogens with zero attached hydrogens (tertiary/aromatic N) is 2. The van der Waals surface area contributed by atoms with Gasteiger partial charge in [-0.3, -0.25) is 4.68 Å². The van der Waals surface area contributed by atoms with Crippen molar-refractivity contribution in [3.63, 3.8) is 0 Å². The predicted octanol–water partition coefficient (Wildman–Crippen LogP) is 4.66. The third-order valence-corrected chi connectivity index (χ3v) is 4.32. The Hall–Kier alpha value is -1.77. The zero-order chi connectivity index (χ0) is 15.4. The average molecular weight is 285 g/mol. The molecule has 0 saturated heterocycles. The molecule has 0 spiro atoms. The smallest absolute Gasteiger partial charge is 0.129 e. The van der Waals surface area contributed by atoms with Gasteiger partial charge in [-0.2, -0.15) is 5.10 Å².